The second kappa shape index (κ2) is 5.51. The maximum absolute atomic E-state index is 11.8. The molecule has 1 amide bonds. The van der Waals surface area contributed by atoms with Crippen LogP contribution in [-0.4, -0.2) is 39.2 Å². The molecule has 6 nitrogen and oxygen atoms in total. The van der Waals surface area contributed by atoms with Crippen LogP contribution in [0.3, 0.4) is 0 Å². The van der Waals surface area contributed by atoms with Crippen molar-refractivity contribution in [2.45, 2.75) is 13.5 Å². The number of hydrogen-bond donors (Lipinski definition) is 1. The molecule has 0 aliphatic carbocycles. The Morgan fingerprint density at radius 2 is 2.05 bits per heavy atom. The molecule has 2 N–H and O–H groups in total. The lowest BCUT2D eigenvalue weighted by molar-refractivity contribution is -0.130. The van der Waals surface area contributed by atoms with Crippen molar-refractivity contribution in [2.24, 2.45) is 0 Å². The SMILES string of the molecule is CCN(C)C(=O)Cn1cnc(-c2ccc(N)cc2)n1. The zero-order chi connectivity index (χ0) is 13.8. The highest BCUT2D eigenvalue weighted by Gasteiger charge is 2.10. The van der Waals surface area contributed by atoms with E-state index in [1.807, 2.05) is 19.1 Å². The number of hydrogen-bond acceptors (Lipinski definition) is 4. The van der Waals surface area contributed by atoms with Gasteiger partial charge in [0, 0.05) is 24.8 Å². The van der Waals surface area contributed by atoms with Crippen LogP contribution in [0.5, 0.6) is 0 Å². The third-order valence-electron chi connectivity index (χ3n) is 2.90. The van der Waals surface area contributed by atoms with Crippen molar-refractivity contribution in [3.8, 4) is 11.4 Å². The lowest BCUT2D eigenvalue weighted by Gasteiger charge is -2.13. The minimum absolute atomic E-state index is 0.0104. The van der Waals surface area contributed by atoms with Crippen LogP contribution in [0, 0.1) is 0 Å². The Labute approximate surface area is 111 Å². The number of benzene rings is 1. The average Bonchev–Trinajstić information content (AvgIpc) is 2.87. The van der Waals surface area contributed by atoms with E-state index in [4.69, 9.17) is 5.73 Å². The molecule has 0 bridgehead atoms. The lowest BCUT2D eigenvalue weighted by Crippen LogP contribution is -2.30. The van der Waals surface area contributed by atoms with E-state index in [1.165, 1.54) is 0 Å². The monoisotopic (exact) mass is 259 g/mol. The first-order valence-electron chi connectivity index (χ1n) is 6.09. The molecule has 0 atom stereocenters. The standard InChI is InChI=1S/C13H17N5O/c1-3-17(2)12(19)8-18-9-15-13(16-18)10-4-6-11(14)7-5-10/h4-7,9H,3,8,14H2,1-2H3. The lowest BCUT2D eigenvalue weighted by atomic mass is 10.2. The summed E-state index contributed by atoms with van der Waals surface area (Å²) in [5.74, 6) is 0.600. The van der Waals surface area contributed by atoms with Gasteiger partial charge in [-0.2, -0.15) is 5.10 Å². The van der Waals surface area contributed by atoms with Crippen molar-refractivity contribution in [1.29, 1.82) is 0 Å². The first-order valence-corrected chi connectivity index (χ1v) is 6.09. The molecule has 0 radical (unpaired) electrons. The molecule has 1 heterocycles. The van der Waals surface area contributed by atoms with Gasteiger partial charge in [0.1, 0.15) is 12.9 Å². The van der Waals surface area contributed by atoms with Crippen LogP contribution in [-0.2, 0) is 11.3 Å². The average molecular weight is 259 g/mol. The van der Waals surface area contributed by atoms with Gasteiger partial charge in [-0.1, -0.05) is 0 Å². The summed E-state index contributed by atoms with van der Waals surface area (Å²) in [5, 5.41) is 4.28. The van der Waals surface area contributed by atoms with Gasteiger partial charge in [0.2, 0.25) is 5.91 Å². The van der Waals surface area contributed by atoms with Crippen molar-refractivity contribution in [2.75, 3.05) is 19.3 Å². The fourth-order valence-corrected chi connectivity index (χ4v) is 1.57. The van der Waals surface area contributed by atoms with Crippen molar-refractivity contribution in [1.82, 2.24) is 19.7 Å². The molecule has 0 spiro atoms. The second-order valence-corrected chi connectivity index (χ2v) is 4.30. The second-order valence-electron chi connectivity index (χ2n) is 4.30. The predicted molar refractivity (Wildman–Crippen MR) is 73.2 cm³/mol. The molecule has 0 aliphatic rings. The molecule has 2 aromatic rings. The highest BCUT2D eigenvalue weighted by molar-refractivity contribution is 5.75. The van der Waals surface area contributed by atoms with Crippen LogP contribution in [0.1, 0.15) is 6.92 Å². The molecule has 2 rings (SSSR count). The molecule has 6 heteroatoms. The quantitative estimate of drug-likeness (QED) is 0.831. The maximum Gasteiger partial charge on any atom is 0.244 e. The minimum Gasteiger partial charge on any atom is -0.399 e. The Balaban J connectivity index is 2.11. The van der Waals surface area contributed by atoms with Gasteiger partial charge in [0.05, 0.1) is 0 Å². The van der Waals surface area contributed by atoms with Crippen LogP contribution < -0.4 is 5.73 Å². The largest absolute Gasteiger partial charge is 0.399 e. The summed E-state index contributed by atoms with van der Waals surface area (Å²) in [4.78, 5) is 17.6. The molecule has 0 saturated heterocycles. The maximum atomic E-state index is 11.8. The molecule has 0 fully saturated rings. The van der Waals surface area contributed by atoms with E-state index in [2.05, 4.69) is 10.1 Å². The number of nitrogen functional groups attached to an aromatic ring is 1. The molecule has 1 aromatic carbocycles. The zero-order valence-electron chi connectivity index (χ0n) is 11.1. The Morgan fingerprint density at radius 3 is 2.68 bits per heavy atom. The van der Waals surface area contributed by atoms with Crippen LogP contribution in [0.4, 0.5) is 5.69 Å². The van der Waals surface area contributed by atoms with Crippen molar-refractivity contribution in [3.63, 3.8) is 0 Å². The Morgan fingerprint density at radius 1 is 1.37 bits per heavy atom. The molecular formula is C13H17N5O. The minimum atomic E-state index is 0.0104. The molecule has 0 saturated carbocycles. The number of anilines is 1. The van der Waals surface area contributed by atoms with E-state index in [0.717, 1.165) is 5.56 Å². The summed E-state index contributed by atoms with van der Waals surface area (Å²) < 4.78 is 1.54. The number of amides is 1. The van der Waals surface area contributed by atoms with Crippen molar-refractivity contribution < 1.29 is 4.79 Å². The van der Waals surface area contributed by atoms with Crippen molar-refractivity contribution >= 4 is 11.6 Å². The summed E-state index contributed by atoms with van der Waals surface area (Å²) in [6.07, 6.45) is 1.56. The molecule has 100 valence electrons. The third kappa shape index (κ3) is 3.09. The van der Waals surface area contributed by atoms with Crippen LogP contribution in [0.25, 0.3) is 11.4 Å². The number of likely N-dealkylation sites (N-methyl/N-ethyl adjacent to an activating group) is 1. The first-order chi connectivity index (χ1) is 9.10. The van der Waals surface area contributed by atoms with Gasteiger partial charge in [0.15, 0.2) is 5.82 Å². The van der Waals surface area contributed by atoms with Gasteiger partial charge in [0.25, 0.3) is 0 Å². The van der Waals surface area contributed by atoms with E-state index < -0.39 is 0 Å². The Bertz CT molecular complexity index is 561. The zero-order valence-corrected chi connectivity index (χ0v) is 11.1. The fraction of sp³-hybridized carbons (Fsp3) is 0.308. The van der Waals surface area contributed by atoms with Crippen LogP contribution >= 0.6 is 0 Å². The first kappa shape index (κ1) is 13.1. The van der Waals surface area contributed by atoms with Gasteiger partial charge in [-0.3, -0.25) is 4.79 Å². The number of rotatable bonds is 4. The Kier molecular flexibility index (Phi) is 3.79. The van der Waals surface area contributed by atoms with Gasteiger partial charge in [-0.25, -0.2) is 9.67 Å². The normalized spacial score (nSPS) is 10.4. The summed E-state index contributed by atoms with van der Waals surface area (Å²) in [6.45, 7) is 2.81. The van der Waals surface area contributed by atoms with Crippen LogP contribution in [0.15, 0.2) is 30.6 Å². The van der Waals surface area contributed by atoms with Gasteiger partial charge < -0.3 is 10.6 Å². The summed E-state index contributed by atoms with van der Waals surface area (Å²) in [7, 11) is 1.76. The topological polar surface area (TPSA) is 77.0 Å². The van der Waals surface area contributed by atoms with E-state index in [1.54, 1.807) is 35.1 Å². The Hall–Kier alpha value is -2.37. The molecule has 0 aliphatic heterocycles. The molecule has 1 aromatic heterocycles. The number of nitrogens with two attached hydrogens (primary N) is 1. The van der Waals surface area contributed by atoms with Gasteiger partial charge in [-0.05, 0) is 31.2 Å². The van der Waals surface area contributed by atoms with Gasteiger partial charge in [-0.15, -0.1) is 0 Å². The highest BCUT2D eigenvalue weighted by atomic mass is 16.2. The fourth-order valence-electron chi connectivity index (χ4n) is 1.57. The number of nitrogens with zero attached hydrogens (tertiary/aromatic N) is 4. The van der Waals surface area contributed by atoms with Crippen molar-refractivity contribution in [3.05, 3.63) is 30.6 Å². The summed E-state index contributed by atoms with van der Waals surface area (Å²) >= 11 is 0. The molecule has 0 unspecified atom stereocenters. The van der Waals surface area contributed by atoms with E-state index in [9.17, 15) is 4.79 Å². The molecule has 19 heavy (non-hydrogen) atoms. The van der Waals surface area contributed by atoms with Crippen LogP contribution in [0.2, 0.25) is 0 Å². The van der Waals surface area contributed by atoms with E-state index in [0.29, 0.717) is 18.1 Å². The number of aromatic nitrogens is 3. The van der Waals surface area contributed by atoms with E-state index >= 15 is 0 Å². The number of carbonyl (C=O) groups is 1. The molecular weight excluding hydrogens is 242 g/mol. The summed E-state index contributed by atoms with van der Waals surface area (Å²) in [6, 6.07) is 7.31. The van der Waals surface area contributed by atoms with Gasteiger partial charge >= 0.3 is 0 Å². The number of carbonyl (C=O) groups excluding carboxylic acids is 1. The van der Waals surface area contributed by atoms with E-state index in [-0.39, 0.29) is 12.5 Å². The third-order valence-corrected chi connectivity index (χ3v) is 2.90. The smallest absolute Gasteiger partial charge is 0.244 e. The highest BCUT2D eigenvalue weighted by Crippen LogP contribution is 2.15. The summed E-state index contributed by atoms with van der Waals surface area (Å²) in [5.41, 5.74) is 7.20. The predicted octanol–water partition coefficient (Wildman–Crippen LogP) is 1.01.